The number of nitrogens with one attached hydrogen (secondary N) is 4. The number of carboxylic acid groups (broad SMARTS) is 4. The van der Waals surface area contributed by atoms with Crippen molar-refractivity contribution in [2.75, 3.05) is 24.6 Å². The van der Waals surface area contributed by atoms with Crippen LogP contribution in [0.3, 0.4) is 0 Å². The van der Waals surface area contributed by atoms with E-state index in [1.54, 1.807) is 0 Å². The molecule has 20 heteroatoms. The number of carbonyl (C=O) groups is 8. The smallest absolute Gasteiger partial charge is 0.322 e. The summed E-state index contributed by atoms with van der Waals surface area (Å²) < 4.78 is 0. The molecule has 0 aromatic rings. The second-order valence-corrected chi connectivity index (χ2v) is 10.6. The molecule has 0 saturated heterocycles. The number of hydrogen-bond donors (Lipinski definition) is 10. The lowest BCUT2D eigenvalue weighted by Gasteiger charge is -2.23. The Labute approximate surface area is 235 Å². The molecule has 0 rings (SSSR count). The highest BCUT2D eigenvalue weighted by atomic mass is 33.1. The van der Waals surface area contributed by atoms with Crippen LogP contribution < -0.4 is 32.7 Å². The van der Waals surface area contributed by atoms with E-state index >= 15 is 0 Å². The topological polar surface area (TPSA) is 318 Å². The van der Waals surface area contributed by atoms with Gasteiger partial charge in [-0.2, -0.15) is 0 Å². The van der Waals surface area contributed by atoms with E-state index < -0.39 is 84.8 Å². The maximum atomic E-state index is 12.5. The number of carbonyl (C=O) groups excluding carboxylic acids is 4. The monoisotopic (exact) mass is 612 g/mol. The fourth-order valence-electron chi connectivity index (χ4n) is 2.82. The van der Waals surface area contributed by atoms with Gasteiger partial charge in [0, 0.05) is 24.3 Å². The van der Waals surface area contributed by atoms with Crippen molar-refractivity contribution in [3.63, 3.8) is 0 Å². The molecular formula is C20H32N6O12S2. The number of rotatable bonds is 23. The van der Waals surface area contributed by atoms with Gasteiger partial charge in [0.2, 0.25) is 23.6 Å². The molecule has 0 aliphatic heterocycles. The zero-order valence-electron chi connectivity index (χ0n) is 21.0. The highest BCUT2D eigenvalue weighted by molar-refractivity contribution is 8.76. The van der Waals surface area contributed by atoms with E-state index in [0.717, 1.165) is 21.6 Å². The molecule has 4 atom stereocenters. The lowest BCUT2D eigenvalue weighted by molar-refractivity contribution is -0.142. The first kappa shape index (κ1) is 36.4. The van der Waals surface area contributed by atoms with Gasteiger partial charge in [0.15, 0.2) is 0 Å². The normalized spacial score (nSPS) is 13.7. The average molecular weight is 613 g/mol. The van der Waals surface area contributed by atoms with Crippen molar-refractivity contribution in [3.05, 3.63) is 0 Å². The lowest BCUT2D eigenvalue weighted by Crippen LogP contribution is -2.53. The molecule has 18 nitrogen and oxygen atoms in total. The van der Waals surface area contributed by atoms with Crippen molar-refractivity contribution in [1.29, 1.82) is 0 Å². The Morgan fingerprint density at radius 2 is 0.900 bits per heavy atom. The van der Waals surface area contributed by atoms with Gasteiger partial charge >= 0.3 is 23.9 Å². The van der Waals surface area contributed by atoms with Crippen molar-refractivity contribution in [3.8, 4) is 0 Å². The third-order valence-electron chi connectivity index (χ3n) is 4.77. The van der Waals surface area contributed by atoms with Crippen LogP contribution in [0.15, 0.2) is 0 Å². The number of nitrogens with two attached hydrogens (primary N) is 2. The quantitative estimate of drug-likeness (QED) is 0.0389. The van der Waals surface area contributed by atoms with Crippen LogP contribution in [0.1, 0.15) is 25.7 Å². The van der Waals surface area contributed by atoms with Gasteiger partial charge in [0.25, 0.3) is 0 Å². The molecule has 4 amide bonds. The summed E-state index contributed by atoms with van der Waals surface area (Å²) in [5.41, 5.74) is 10.1. The summed E-state index contributed by atoms with van der Waals surface area (Å²) in [7, 11) is 1.86. The summed E-state index contributed by atoms with van der Waals surface area (Å²) in [6, 6.07) is -5.34. The first-order chi connectivity index (χ1) is 18.6. The highest BCUT2D eigenvalue weighted by Gasteiger charge is 2.29. The van der Waals surface area contributed by atoms with Crippen molar-refractivity contribution in [2.24, 2.45) is 11.5 Å². The zero-order chi connectivity index (χ0) is 30.8. The average Bonchev–Trinajstić information content (AvgIpc) is 2.84. The van der Waals surface area contributed by atoms with Crippen LogP contribution in [0.2, 0.25) is 0 Å². The second kappa shape index (κ2) is 19.4. The van der Waals surface area contributed by atoms with Crippen LogP contribution in [0, 0.1) is 0 Å². The summed E-state index contributed by atoms with van der Waals surface area (Å²) in [6.45, 7) is -1.52. The predicted octanol–water partition coefficient (Wildman–Crippen LogP) is -3.88. The lowest BCUT2D eigenvalue weighted by atomic mass is 10.1. The number of hydrogen-bond acceptors (Lipinski definition) is 12. The summed E-state index contributed by atoms with van der Waals surface area (Å²) in [4.78, 5) is 91.8. The molecule has 0 aromatic heterocycles. The summed E-state index contributed by atoms with van der Waals surface area (Å²) in [5.74, 6) is -9.16. The van der Waals surface area contributed by atoms with Crippen LogP contribution in [0.25, 0.3) is 0 Å². The van der Waals surface area contributed by atoms with Gasteiger partial charge in [-0.1, -0.05) is 21.6 Å². The first-order valence-electron chi connectivity index (χ1n) is 11.4. The van der Waals surface area contributed by atoms with Crippen molar-refractivity contribution in [1.82, 2.24) is 21.3 Å². The van der Waals surface area contributed by atoms with Crippen LogP contribution >= 0.6 is 21.6 Å². The molecule has 0 aliphatic rings. The fourth-order valence-corrected chi connectivity index (χ4v) is 5.17. The van der Waals surface area contributed by atoms with Crippen molar-refractivity contribution < 1.29 is 58.8 Å². The molecule has 226 valence electrons. The summed E-state index contributed by atoms with van der Waals surface area (Å²) in [5, 5.41) is 45.7. The second-order valence-electron chi connectivity index (χ2n) is 8.02. The van der Waals surface area contributed by atoms with E-state index in [0.29, 0.717) is 0 Å². The van der Waals surface area contributed by atoms with Gasteiger partial charge in [-0.25, -0.2) is 0 Å². The maximum Gasteiger partial charge on any atom is 0.322 e. The number of aliphatic carboxylic acids is 4. The van der Waals surface area contributed by atoms with Gasteiger partial charge in [0.05, 0.1) is 12.1 Å². The van der Waals surface area contributed by atoms with E-state index in [4.69, 9.17) is 21.7 Å². The fraction of sp³-hybridized carbons (Fsp3) is 0.600. The minimum Gasteiger partial charge on any atom is -0.480 e. The molecule has 0 bridgehead atoms. The molecule has 0 aliphatic carbocycles. The molecule has 0 aromatic carbocycles. The van der Waals surface area contributed by atoms with E-state index in [1.165, 1.54) is 0 Å². The predicted molar refractivity (Wildman–Crippen MR) is 140 cm³/mol. The summed E-state index contributed by atoms with van der Waals surface area (Å²) >= 11 is 0. The van der Waals surface area contributed by atoms with Gasteiger partial charge in [-0.15, -0.1) is 0 Å². The number of carboxylic acids is 4. The Morgan fingerprint density at radius 1 is 0.575 bits per heavy atom. The molecule has 12 N–H and O–H groups in total. The van der Waals surface area contributed by atoms with Gasteiger partial charge < -0.3 is 42.5 Å². The Hall–Kier alpha value is -3.62. The molecule has 2 unspecified atom stereocenters. The van der Waals surface area contributed by atoms with Crippen LogP contribution in [0.4, 0.5) is 0 Å². The molecular weight excluding hydrogens is 580 g/mol. The highest BCUT2D eigenvalue weighted by Crippen LogP contribution is 2.24. The zero-order valence-corrected chi connectivity index (χ0v) is 22.6. The molecule has 0 saturated carbocycles. The van der Waals surface area contributed by atoms with Gasteiger partial charge in [-0.3, -0.25) is 49.0 Å². The Bertz CT molecular complexity index is 879. The number of amides is 4. The molecule has 0 fully saturated rings. The van der Waals surface area contributed by atoms with E-state index in [9.17, 15) is 48.6 Å². The van der Waals surface area contributed by atoms with Crippen LogP contribution in [-0.4, -0.2) is 117 Å². The van der Waals surface area contributed by atoms with E-state index in [1.807, 2.05) is 0 Å². The molecule has 0 radical (unpaired) electrons. The minimum atomic E-state index is -1.40. The molecule has 0 heterocycles. The maximum absolute atomic E-state index is 12.5. The van der Waals surface area contributed by atoms with E-state index in [-0.39, 0.29) is 37.2 Å². The van der Waals surface area contributed by atoms with Crippen molar-refractivity contribution >= 4 is 69.1 Å². The standard InChI is InChI=1S/C20H32N6O12S2/c21-13(27)3-1-9(19(35)36)25-11(17(33)23-5-15(29)30)7-39-40-8-12(18(34)24-6-16(31)32)26-10(20(37)38)2-4-14(22)28/h9-12,25-26H,1-8H2,(H2,21,27)(H2,22,28)(H,23,33)(H,24,34)(H,29,30)(H,31,32)(H,35,36)(H,37,38)/t9-,10-,11?,12?/m0/s1. The molecule has 40 heavy (non-hydrogen) atoms. The molecule has 0 spiro atoms. The third kappa shape index (κ3) is 17.1. The first-order valence-corrected chi connectivity index (χ1v) is 13.9. The van der Waals surface area contributed by atoms with Crippen molar-refractivity contribution in [2.45, 2.75) is 49.9 Å². The SMILES string of the molecule is NC(=O)CC[C@H](NC(CSSCC(N[C@@H](CCC(N)=O)C(=O)O)C(=O)NCC(=O)O)C(=O)NCC(=O)O)C(=O)O. The van der Waals surface area contributed by atoms with Crippen LogP contribution in [-0.2, 0) is 38.4 Å². The Balaban J connectivity index is 5.49. The largest absolute Gasteiger partial charge is 0.480 e. The van der Waals surface area contributed by atoms with E-state index in [2.05, 4.69) is 21.3 Å². The number of primary amides is 2. The van der Waals surface area contributed by atoms with Crippen LogP contribution in [0.5, 0.6) is 0 Å². The Kier molecular flexibility index (Phi) is 17.7. The Morgan fingerprint density at radius 3 is 1.15 bits per heavy atom. The van der Waals surface area contributed by atoms with Gasteiger partial charge in [0.1, 0.15) is 25.2 Å². The summed E-state index contributed by atoms with van der Waals surface area (Å²) in [6.07, 6.45) is -1.14. The minimum absolute atomic E-state index is 0.177. The third-order valence-corrected chi connectivity index (χ3v) is 7.20. The van der Waals surface area contributed by atoms with Gasteiger partial charge in [-0.05, 0) is 12.8 Å².